The Morgan fingerprint density at radius 2 is 0.311 bits per heavy atom. The number of fused-ring (bicyclic) bond motifs is 16. The molecule has 20 aromatic carbocycles. The molecule has 0 saturated heterocycles. The zero-order valence-corrected chi connectivity index (χ0v) is 76.7. The Balaban J connectivity index is 0.000000152. The lowest BCUT2D eigenvalue weighted by Gasteiger charge is -2.23. The molecule has 0 radical (unpaired) electrons. The molecule has 0 saturated carbocycles. The molecule has 0 aliphatic rings. The summed E-state index contributed by atoms with van der Waals surface area (Å²) in [5, 5.41) is 20.7. The zero-order valence-electron chi connectivity index (χ0n) is 76.7. The Bertz CT molecular complexity index is 8690. The molecule has 0 aliphatic heterocycles. The Hall–Kier alpha value is -15.4. The van der Waals surface area contributed by atoms with Crippen molar-refractivity contribution < 1.29 is 0 Å². The first-order chi connectivity index (χ1) is 64.5. The lowest BCUT2D eigenvalue weighted by molar-refractivity contribution is 0.591. The summed E-state index contributed by atoms with van der Waals surface area (Å²) >= 11 is 0. The molecule has 0 fully saturated rings. The number of aromatic nitrogens is 4. The Morgan fingerprint density at radius 1 is 0.144 bits per heavy atom. The van der Waals surface area contributed by atoms with Gasteiger partial charge in [0, 0.05) is 113 Å². The molecule has 0 spiro atoms. The van der Waals surface area contributed by atoms with Crippen LogP contribution in [0.1, 0.15) is 80.4 Å². The second-order valence-electron chi connectivity index (χ2n) is 38.0. The number of nitrogens with zero attached hydrogens (tertiary/aromatic N) is 4. The van der Waals surface area contributed by atoms with Gasteiger partial charge in [0.15, 0.2) is 0 Å². The van der Waals surface area contributed by atoms with Gasteiger partial charge in [-0.15, -0.1) is 0 Å². The molecule has 0 bridgehead atoms. The summed E-state index contributed by atoms with van der Waals surface area (Å²) in [5.41, 5.74) is 37.8. The first kappa shape index (κ1) is 81.1. The van der Waals surface area contributed by atoms with E-state index in [-0.39, 0.29) is 10.8 Å². The van der Waals surface area contributed by atoms with Gasteiger partial charge in [0.25, 0.3) is 0 Å². The van der Waals surface area contributed by atoms with Gasteiger partial charge in [-0.05, 0) is 289 Å². The molecule has 24 aromatic rings. The summed E-state index contributed by atoms with van der Waals surface area (Å²) in [4.78, 5) is 0. The lowest BCUT2D eigenvalue weighted by Crippen LogP contribution is -2.10. The average molecular weight is 1700 g/mol. The highest BCUT2D eigenvalue weighted by atomic mass is 15.0. The monoisotopic (exact) mass is 1700 g/mol. The number of para-hydroxylation sites is 4. The summed E-state index contributed by atoms with van der Waals surface area (Å²) < 4.78 is 9.67. The van der Waals surface area contributed by atoms with Crippen LogP contribution in [0.3, 0.4) is 0 Å². The molecular formula is C128H104N4. The van der Waals surface area contributed by atoms with E-state index in [9.17, 15) is 0 Å². The van der Waals surface area contributed by atoms with Crippen LogP contribution in [0, 0.1) is 0 Å². The van der Waals surface area contributed by atoms with Crippen molar-refractivity contribution in [1.82, 2.24) is 18.3 Å². The fourth-order valence-electron chi connectivity index (χ4n) is 21.9. The number of hydrogen-bond donors (Lipinski definition) is 0. The maximum absolute atomic E-state index is 2.46. The van der Waals surface area contributed by atoms with Crippen molar-refractivity contribution in [1.29, 1.82) is 0 Å². The molecule has 0 N–H and O–H groups in total. The van der Waals surface area contributed by atoms with Gasteiger partial charge in [-0.1, -0.05) is 357 Å². The van der Waals surface area contributed by atoms with E-state index < -0.39 is 0 Å². The number of rotatable bonds is 14. The van der Waals surface area contributed by atoms with Crippen LogP contribution in [0.4, 0.5) is 0 Å². The van der Waals surface area contributed by atoms with Gasteiger partial charge in [-0.2, -0.15) is 0 Å². The fraction of sp³-hybridized carbons (Fsp3) is 0.125. The average Bonchev–Trinajstić information content (AvgIpc) is 1.59. The third-order valence-electron chi connectivity index (χ3n) is 28.6. The molecule has 0 amide bonds. The molecule has 0 aliphatic carbocycles. The van der Waals surface area contributed by atoms with E-state index in [1.54, 1.807) is 0 Å². The van der Waals surface area contributed by atoms with E-state index in [0.717, 1.165) is 26.2 Å². The van der Waals surface area contributed by atoms with Crippen molar-refractivity contribution in [2.24, 2.45) is 0 Å². The van der Waals surface area contributed by atoms with Crippen molar-refractivity contribution in [2.75, 3.05) is 0 Å². The Kier molecular flexibility index (Phi) is 19.9. The van der Waals surface area contributed by atoms with Crippen molar-refractivity contribution in [2.45, 2.75) is 106 Å². The molecule has 0 atom stereocenters. The summed E-state index contributed by atoms with van der Waals surface area (Å²) in [6, 6.07) is 150. The standard InChI is InChI=1S/C70H56N2.C58H48N2/c1-6-71-64-18-12-10-14-56(64)61-42-53(36-40-66(61)71)49-24-20-45(21-25-49)47-28-32-51(33-29-47)68-58-16-8-9-17-59(58)69(63-44-55(70(3,4)5)38-39-60(63)68)52-34-30-48(31-35-52)46-22-26-50(27-23-46)54-37-41-67-62(43-54)57-15-11-13-19-65(57)72(67)7-2;1-6-59-52-18-12-10-14-44(52)49-34-41(28-32-54(49)59)37-20-24-39(25-21-37)56-46-16-8-9-17-47(46)57(51-36-43(58(3,4)5)30-31-48(51)56)40-26-22-38(23-27-40)42-29-33-55-50(35-42)45-15-11-13-19-53(45)60(55)7-2/h8-44H,6-7H2,1-5H3;8-36H,6-7H2,1-5H3. The molecular weight excluding hydrogens is 1590 g/mol. The van der Waals surface area contributed by atoms with Crippen LogP contribution < -0.4 is 0 Å². The number of aryl methyl sites for hydroxylation is 4. The van der Waals surface area contributed by atoms with Crippen LogP contribution in [0.2, 0.25) is 0 Å². The maximum Gasteiger partial charge on any atom is 0.0491 e. The van der Waals surface area contributed by atoms with Crippen LogP contribution in [0.25, 0.3) is 242 Å². The molecule has 4 heteroatoms. The largest absolute Gasteiger partial charge is 0.341 e. The predicted molar refractivity (Wildman–Crippen MR) is 569 cm³/mol. The SMILES string of the molecule is CCn1c2ccccc2c2cc(-c3ccc(-c4c5ccccc5c(-c5ccc(-c6ccc7c(c6)c6ccccc6n7CC)cc5)c5cc(C(C)(C)C)ccc45)cc3)ccc21.CCn1c2ccccc2c2cc(-c3ccc(-c4ccc(-c5c6ccccc6c(-c6ccc(-c7ccc(-c8ccc9c(c8)c8ccccc8n9CC)cc7)cc6)c6cc(C(C)(C)C)ccc56)cc4)cc3)ccc21. The molecule has 4 nitrogen and oxygen atoms in total. The summed E-state index contributed by atoms with van der Waals surface area (Å²) in [6.07, 6.45) is 0. The smallest absolute Gasteiger partial charge is 0.0491 e. The number of hydrogen-bond acceptors (Lipinski definition) is 0. The maximum atomic E-state index is 2.46. The molecule has 132 heavy (non-hydrogen) atoms. The van der Waals surface area contributed by atoms with E-state index in [2.05, 4.69) is 488 Å². The minimum atomic E-state index is -0.00709. The molecule has 4 heterocycles. The normalized spacial score (nSPS) is 12.1. The van der Waals surface area contributed by atoms with E-state index in [4.69, 9.17) is 0 Å². The minimum Gasteiger partial charge on any atom is -0.341 e. The molecule has 0 unspecified atom stereocenters. The van der Waals surface area contributed by atoms with Crippen LogP contribution in [0.5, 0.6) is 0 Å². The topological polar surface area (TPSA) is 19.7 Å². The lowest BCUT2D eigenvalue weighted by atomic mass is 9.81. The van der Waals surface area contributed by atoms with Crippen molar-refractivity contribution in [3.05, 3.63) is 412 Å². The quantitative estimate of drug-likeness (QED) is 0.0967. The van der Waals surface area contributed by atoms with Crippen LogP contribution in [-0.4, -0.2) is 18.3 Å². The van der Waals surface area contributed by atoms with E-state index in [1.165, 1.54) is 253 Å². The summed E-state index contributed by atoms with van der Waals surface area (Å²) in [6.45, 7) is 26.6. The molecule has 4 aromatic heterocycles. The van der Waals surface area contributed by atoms with Crippen LogP contribution in [-0.2, 0) is 37.0 Å². The summed E-state index contributed by atoms with van der Waals surface area (Å²) in [5.74, 6) is 0. The van der Waals surface area contributed by atoms with Gasteiger partial charge in [0.2, 0.25) is 0 Å². The van der Waals surface area contributed by atoms with Gasteiger partial charge in [0.05, 0.1) is 0 Å². The fourth-order valence-corrected chi connectivity index (χ4v) is 21.9. The van der Waals surface area contributed by atoms with Crippen molar-refractivity contribution >= 4 is 130 Å². The third kappa shape index (κ3) is 13.7. The van der Waals surface area contributed by atoms with Gasteiger partial charge < -0.3 is 18.3 Å². The predicted octanol–water partition coefficient (Wildman–Crippen LogP) is 35.8. The van der Waals surface area contributed by atoms with Gasteiger partial charge in [-0.3, -0.25) is 0 Å². The van der Waals surface area contributed by atoms with E-state index in [0.29, 0.717) is 0 Å². The van der Waals surface area contributed by atoms with Crippen molar-refractivity contribution in [3.8, 4) is 111 Å². The van der Waals surface area contributed by atoms with Gasteiger partial charge in [-0.25, -0.2) is 0 Å². The first-order valence-corrected chi connectivity index (χ1v) is 47.2. The third-order valence-corrected chi connectivity index (χ3v) is 28.6. The highest BCUT2D eigenvalue weighted by Gasteiger charge is 2.26. The number of benzene rings is 20. The second kappa shape index (κ2) is 32.4. The van der Waals surface area contributed by atoms with Crippen molar-refractivity contribution in [3.63, 3.8) is 0 Å². The molecule has 24 rings (SSSR count). The Morgan fingerprint density at radius 3 is 0.523 bits per heavy atom. The Labute approximate surface area is 772 Å². The summed E-state index contributed by atoms with van der Waals surface area (Å²) in [7, 11) is 0. The van der Waals surface area contributed by atoms with Gasteiger partial charge >= 0.3 is 0 Å². The molecule has 636 valence electrons. The van der Waals surface area contributed by atoms with Gasteiger partial charge in [0.1, 0.15) is 0 Å². The zero-order chi connectivity index (χ0) is 89.4. The van der Waals surface area contributed by atoms with Crippen LogP contribution >= 0.6 is 0 Å². The van der Waals surface area contributed by atoms with E-state index in [1.807, 2.05) is 0 Å². The van der Waals surface area contributed by atoms with E-state index >= 15 is 0 Å². The highest BCUT2D eigenvalue weighted by molar-refractivity contribution is 6.24. The first-order valence-electron chi connectivity index (χ1n) is 47.2. The second-order valence-corrected chi connectivity index (χ2v) is 38.0. The minimum absolute atomic E-state index is 0.00680. The van der Waals surface area contributed by atoms with Crippen LogP contribution in [0.15, 0.2) is 400 Å². The highest BCUT2D eigenvalue weighted by Crippen LogP contribution is 2.50.